The Hall–Kier alpha value is -4.10. The van der Waals surface area contributed by atoms with Crippen molar-refractivity contribution in [1.82, 2.24) is 10.2 Å². The first-order valence-electron chi connectivity index (χ1n) is 17.7. The molecule has 48 heavy (non-hydrogen) atoms. The van der Waals surface area contributed by atoms with Gasteiger partial charge in [0.25, 0.3) is 5.91 Å². The Morgan fingerprint density at radius 1 is 0.833 bits per heavy atom. The van der Waals surface area contributed by atoms with E-state index in [9.17, 15) is 9.59 Å². The Bertz CT molecular complexity index is 1490. The molecule has 0 bridgehead atoms. The van der Waals surface area contributed by atoms with Crippen molar-refractivity contribution in [2.45, 2.75) is 91.1 Å². The Morgan fingerprint density at radius 3 is 1.94 bits per heavy atom. The van der Waals surface area contributed by atoms with Crippen LogP contribution < -0.4 is 14.8 Å². The van der Waals surface area contributed by atoms with Crippen LogP contribution in [0.25, 0.3) is 5.57 Å². The molecule has 0 spiro atoms. The Labute approximate surface area is 286 Å². The Morgan fingerprint density at radius 2 is 1.40 bits per heavy atom. The van der Waals surface area contributed by atoms with Crippen LogP contribution in [0.15, 0.2) is 79.4 Å². The average Bonchev–Trinajstić information content (AvgIpc) is 3.61. The third kappa shape index (κ3) is 9.96. The van der Waals surface area contributed by atoms with E-state index in [1.54, 1.807) is 0 Å². The van der Waals surface area contributed by atoms with E-state index in [4.69, 9.17) is 14.2 Å². The highest BCUT2D eigenvalue weighted by atomic mass is 16.5. The van der Waals surface area contributed by atoms with Gasteiger partial charge in [0.1, 0.15) is 36.9 Å². The van der Waals surface area contributed by atoms with Gasteiger partial charge in [-0.1, -0.05) is 81.1 Å². The molecule has 256 valence electrons. The fourth-order valence-corrected chi connectivity index (χ4v) is 6.58. The lowest BCUT2D eigenvalue weighted by Gasteiger charge is -2.33. The molecule has 1 atom stereocenters. The fraction of sp³-hybridized carbons (Fsp3) is 0.463. The minimum atomic E-state index is -0.294. The molecule has 1 saturated carbocycles. The minimum absolute atomic E-state index is 0.0561. The predicted octanol–water partition coefficient (Wildman–Crippen LogP) is 8.22. The van der Waals surface area contributed by atoms with Gasteiger partial charge in [0.2, 0.25) is 0 Å². The van der Waals surface area contributed by atoms with Crippen LogP contribution in [-0.2, 0) is 22.7 Å². The number of allylic oxidation sites excluding steroid dienone is 1. The molecule has 1 aliphatic heterocycles. The molecule has 7 nitrogen and oxygen atoms in total. The van der Waals surface area contributed by atoms with Gasteiger partial charge in [-0.2, -0.15) is 0 Å². The van der Waals surface area contributed by atoms with Crippen molar-refractivity contribution in [2.24, 2.45) is 11.8 Å². The van der Waals surface area contributed by atoms with Crippen molar-refractivity contribution in [3.63, 3.8) is 0 Å². The molecule has 1 amide bonds. The number of esters is 1. The molecule has 1 aliphatic carbocycles. The SMILES string of the molecule is C=C(C)c1cc(C(=O)N2CCC(CN[C@H](CC(C)C)C(=O)OC3CCCC3)CC2)c(OCc2ccccc2)cc1OCc1ccccc1. The molecule has 0 aromatic heterocycles. The summed E-state index contributed by atoms with van der Waals surface area (Å²) in [6, 6.07) is 23.4. The standard InChI is InChI=1S/C41H52N2O5/c1-29(2)23-37(41(45)48-34-17-11-12-18-34)42-26-31-19-21-43(22-20-31)40(44)36-24-35(30(3)4)38(46-27-32-13-7-5-8-14-32)25-39(36)47-28-33-15-9-6-10-16-33/h5-10,13-16,24-25,29,31,34,37,42H,3,11-12,17-23,26-28H2,1-2,4H3/t37-/m1/s1. The molecule has 2 aliphatic rings. The van der Waals surface area contributed by atoms with Crippen molar-refractivity contribution in [3.05, 3.63) is 102 Å². The van der Waals surface area contributed by atoms with Crippen LogP contribution in [0, 0.1) is 11.8 Å². The van der Waals surface area contributed by atoms with E-state index < -0.39 is 0 Å². The highest BCUT2D eigenvalue weighted by Gasteiger charge is 2.30. The lowest BCUT2D eigenvalue weighted by atomic mass is 9.94. The van der Waals surface area contributed by atoms with Crippen LogP contribution in [-0.4, -0.2) is 48.6 Å². The predicted molar refractivity (Wildman–Crippen MR) is 191 cm³/mol. The van der Waals surface area contributed by atoms with Crippen LogP contribution in [0.5, 0.6) is 11.5 Å². The molecule has 0 unspecified atom stereocenters. The Balaban J connectivity index is 1.26. The number of benzene rings is 3. The first-order valence-corrected chi connectivity index (χ1v) is 17.7. The number of ether oxygens (including phenoxy) is 3. The second kappa shape index (κ2) is 17.3. The molecule has 1 saturated heterocycles. The smallest absolute Gasteiger partial charge is 0.323 e. The first-order chi connectivity index (χ1) is 23.3. The van der Waals surface area contributed by atoms with E-state index in [-0.39, 0.29) is 24.0 Å². The van der Waals surface area contributed by atoms with Gasteiger partial charge in [0.15, 0.2) is 0 Å². The second-order valence-corrected chi connectivity index (χ2v) is 13.8. The van der Waals surface area contributed by atoms with E-state index in [0.717, 1.165) is 73.8 Å². The normalized spacial score (nSPS) is 16.1. The minimum Gasteiger partial charge on any atom is -0.488 e. The number of hydrogen-bond acceptors (Lipinski definition) is 6. The molecule has 5 rings (SSSR count). The molecule has 2 fully saturated rings. The van der Waals surface area contributed by atoms with Crippen LogP contribution in [0.4, 0.5) is 0 Å². The van der Waals surface area contributed by atoms with Crippen molar-refractivity contribution in [2.75, 3.05) is 19.6 Å². The summed E-state index contributed by atoms with van der Waals surface area (Å²) in [7, 11) is 0. The quantitative estimate of drug-likeness (QED) is 0.167. The van der Waals surface area contributed by atoms with Crippen molar-refractivity contribution < 1.29 is 23.8 Å². The van der Waals surface area contributed by atoms with Crippen LogP contribution in [0.2, 0.25) is 0 Å². The fourth-order valence-electron chi connectivity index (χ4n) is 6.58. The maximum Gasteiger partial charge on any atom is 0.323 e. The summed E-state index contributed by atoms with van der Waals surface area (Å²) < 4.78 is 18.5. The van der Waals surface area contributed by atoms with E-state index in [2.05, 4.69) is 25.7 Å². The lowest BCUT2D eigenvalue weighted by molar-refractivity contribution is -0.151. The van der Waals surface area contributed by atoms with Gasteiger partial charge in [-0.25, -0.2) is 0 Å². The number of piperidine rings is 1. The zero-order valence-corrected chi connectivity index (χ0v) is 28.9. The molecule has 3 aromatic carbocycles. The van der Waals surface area contributed by atoms with Gasteiger partial charge in [0.05, 0.1) is 5.56 Å². The molecule has 7 heteroatoms. The molecular weight excluding hydrogens is 600 g/mol. The molecule has 3 aromatic rings. The van der Waals surface area contributed by atoms with Crippen molar-refractivity contribution >= 4 is 17.4 Å². The van der Waals surface area contributed by atoms with Gasteiger partial charge < -0.3 is 24.4 Å². The van der Waals surface area contributed by atoms with E-state index in [1.165, 1.54) is 0 Å². The van der Waals surface area contributed by atoms with Gasteiger partial charge in [-0.15, -0.1) is 0 Å². The van der Waals surface area contributed by atoms with Crippen molar-refractivity contribution in [1.29, 1.82) is 0 Å². The van der Waals surface area contributed by atoms with Gasteiger partial charge >= 0.3 is 5.97 Å². The van der Waals surface area contributed by atoms with Crippen LogP contribution >= 0.6 is 0 Å². The monoisotopic (exact) mass is 652 g/mol. The summed E-state index contributed by atoms with van der Waals surface area (Å²) in [6.07, 6.45) is 6.77. The third-order valence-corrected chi connectivity index (χ3v) is 9.38. The summed E-state index contributed by atoms with van der Waals surface area (Å²) in [4.78, 5) is 29.1. The molecule has 1 heterocycles. The maximum absolute atomic E-state index is 14.1. The summed E-state index contributed by atoms with van der Waals surface area (Å²) in [5, 5.41) is 3.54. The summed E-state index contributed by atoms with van der Waals surface area (Å²) in [5.74, 6) is 1.72. The zero-order chi connectivity index (χ0) is 33.9. The van der Waals surface area contributed by atoms with Gasteiger partial charge in [0, 0.05) is 24.7 Å². The Kier molecular flexibility index (Phi) is 12.7. The number of carbonyl (C=O) groups excluding carboxylic acids is 2. The zero-order valence-electron chi connectivity index (χ0n) is 28.9. The van der Waals surface area contributed by atoms with Crippen molar-refractivity contribution in [3.8, 4) is 11.5 Å². The van der Waals surface area contributed by atoms with E-state index in [0.29, 0.717) is 55.2 Å². The topological polar surface area (TPSA) is 77.1 Å². The number of rotatable bonds is 15. The second-order valence-electron chi connectivity index (χ2n) is 13.8. The highest BCUT2D eigenvalue weighted by Crippen LogP contribution is 2.35. The summed E-state index contributed by atoms with van der Waals surface area (Å²) >= 11 is 0. The maximum atomic E-state index is 14.1. The number of amides is 1. The number of nitrogens with zero attached hydrogens (tertiary/aromatic N) is 1. The number of hydrogen-bond donors (Lipinski definition) is 1. The lowest BCUT2D eigenvalue weighted by Crippen LogP contribution is -2.45. The largest absolute Gasteiger partial charge is 0.488 e. The average molecular weight is 653 g/mol. The summed E-state index contributed by atoms with van der Waals surface area (Å²) in [5.41, 5.74) is 4.19. The number of likely N-dealkylation sites (tertiary alicyclic amines) is 1. The summed E-state index contributed by atoms with van der Waals surface area (Å²) in [6.45, 7) is 13.1. The van der Waals surface area contributed by atoms with E-state index in [1.807, 2.05) is 84.6 Å². The molecular formula is C41H52N2O5. The highest BCUT2D eigenvalue weighted by molar-refractivity contribution is 5.98. The molecule has 1 N–H and O–H groups in total. The number of nitrogens with one attached hydrogen (secondary N) is 1. The van der Waals surface area contributed by atoms with E-state index >= 15 is 0 Å². The first kappa shape index (κ1) is 35.2. The molecule has 0 radical (unpaired) electrons. The van der Waals surface area contributed by atoms with Crippen LogP contribution in [0.3, 0.4) is 0 Å². The number of carbonyl (C=O) groups is 2. The van der Waals surface area contributed by atoms with Gasteiger partial charge in [-0.05, 0) is 93.0 Å². The third-order valence-electron chi connectivity index (χ3n) is 9.38. The van der Waals surface area contributed by atoms with Gasteiger partial charge in [-0.3, -0.25) is 9.59 Å². The van der Waals surface area contributed by atoms with Crippen LogP contribution in [0.1, 0.15) is 92.8 Å².